The largest absolute Gasteiger partial charge is 0.488 e. The van der Waals surface area contributed by atoms with Gasteiger partial charge in [0, 0.05) is 12.7 Å². The van der Waals surface area contributed by atoms with Crippen molar-refractivity contribution in [3.63, 3.8) is 0 Å². The van der Waals surface area contributed by atoms with Crippen molar-refractivity contribution in [3.8, 4) is 5.75 Å². The van der Waals surface area contributed by atoms with Crippen molar-refractivity contribution in [3.05, 3.63) is 29.8 Å². The van der Waals surface area contributed by atoms with E-state index in [1.165, 1.54) is 0 Å². The third-order valence-electron chi connectivity index (χ3n) is 1.75. The van der Waals surface area contributed by atoms with Crippen LogP contribution in [0.15, 0.2) is 24.3 Å². The van der Waals surface area contributed by atoms with Gasteiger partial charge in [-0.3, -0.25) is 4.79 Å². The van der Waals surface area contributed by atoms with Crippen molar-refractivity contribution in [2.45, 2.75) is 13.0 Å². The normalized spacial score (nSPS) is 12.1. The molecule has 0 saturated carbocycles. The number of hydrogen-bond donors (Lipinski definition) is 0. The van der Waals surface area contributed by atoms with Gasteiger partial charge in [-0.25, -0.2) is 0 Å². The van der Waals surface area contributed by atoms with Crippen LogP contribution < -0.4 is 4.74 Å². The second-order valence-corrected chi connectivity index (χ2v) is 3.07. The van der Waals surface area contributed by atoms with Crippen molar-refractivity contribution >= 4 is 6.29 Å². The molecular formula is C11H14O3. The number of carbonyl (C=O) groups excluding carboxylic acids is 1. The second-order valence-electron chi connectivity index (χ2n) is 3.07. The lowest BCUT2D eigenvalue weighted by Crippen LogP contribution is -2.17. The summed E-state index contributed by atoms with van der Waals surface area (Å²) < 4.78 is 10.5. The smallest absolute Gasteiger partial charge is 0.150 e. The van der Waals surface area contributed by atoms with Crippen LogP contribution in [0.2, 0.25) is 0 Å². The molecule has 1 atom stereocenters. The van der Waals surface area contributed by atoms with Crippen molar-refractivity contribution in [1.82, 2.24) is 0 Å². The average molecular weight is 194 g/mol. The first-order chi connectivity index (χ1) is 6.76. The highest BCUT2D eigenvalue weighted by Crippen LogP contribution is 2.12. The second kappa shape index (κ2) is 5.40. The topological polar surface area (TPSA) is 35.5 Å². The molecule has 0 aliphatic rings. The Morgan fingerprint density at radius 3 is 2.50 bits per heavy atom. The molecule has 0 saturated heterocycles. The molecule has 0 amide bonds. The van der Waals surface area contributed by atoms with Crippen LogP contribution in [0, 0.1) is 0 Å². The van der Waals surface area contributed by atoms with Gasteiger partial charge in [0.1, 0.15) is 18.1 Å². The van der Waals surface area contributed by atoms with E-state index in [0.29, 0.717) is 12.2 Å². The maximum Gasteiger partial charge on any atom is 0.150 e. The van der Waals surface area contributed by atoms with E-state index in [1.54, 1.807) is 31.4 Å². The number of hydrogen-bond acceptors (Lipinski definition) is 3. The van der Waals surface area contributed by atoms with Crippen LogP contribution in [0.3, 0.4) is 0 Å². The van der Waals surface area contributed by atoms with Crippen molar-refractivity contribution in [2.24, 2.45) is 0 Å². The zero-order valence-electron chi connectivity index (χ0n) is 8.40. The quantitative estimate of drug-likeness (QED) is 0.672. The van der Waals surface area contributed by atoms with E-state index in [4.69, 9.17) is 9.47 Å². The van der Waals surface area contributed by atoms with Crippen molar-refractivity contribution in [2.75, 3.05) is 13.7 Å². The van der Waals surface area contributed by atoms with E-state index in [-0.39, 0.29) is 6.10 Å². The summed E-state index contributed by atoms with van der Waals surface area (Å²) in [7, 11) is 1.63. The first-order valence-corrected chi connectivity index (χ1v) is 4.47. The molecule has 76 valence electrons. The lowest BCUT2D eigenvalue weighted by atomic mass is 10.2. The van der Waals surface area contributed by atoms with E-state index < -0.39 is 0 Å². The van der Waals surface area contributed by atoms with Gasteiger partial charge >= 0.3 is 0 Å². The van der Waals surface area contributed by atoms with Gasteiger partial charge in [0.05, 0.1) is 6.61 Å². The van der Waals surface area contributed by atoms with E-state index in [2.05, 4.69) is 0 Å². The number of ether oxygens (including phenoxy) is 2. The highest BCUT2D eigenvalue weighted by molar-refractivity contribution is 5.74. The summed E-state index contributed by atoms with van der Waals surface area (Å²) in [6.45, 7) is 2.48. The van der Waals surface area contributed by atoms with E-state index in [9.17, 15) is 4.79 Å². The minimum Gasteiger partial charge on any atom is -0.488 e. The Labute approximate surface area is 83.6 Å². The Kier molecular flexibility index (Phi) is 4.13. The minimum absolute atomic E-state index is 0.0158. The fourth-order valence-corrected chi connectivity index (χ4v) is 1.13. The molecule has 3 heteroatoms. The summed E-state index contributed by atoms with van der Waals surface area (Å²) in [5.74, 6) is 0.750. The van der Waals surface area contributed by atoms with Gasteiger partial charge in [-0.1, -0.05) is 0 Å². The molecule has 3 nitrogen and oxygen atoms in total. The Bertz CT molecular complexity index is 279. The fourth-order valence-electron chi connectivity index (χ4n) is 1.13. The van der Waals surface area contributed by atoms with Crippen LogP contribution in [0.1, 0.15) is 17.3 Å². The minimum atomic E-state index is 0.0158. The van der Waals surface area contributed by atoms with Gasteiger partial charge in [-0.05, 0) is 31.2 Å². The summed E-state index contributed by atoms with van der Waals surface area (Å²) in [6, 6.07) is 7.00. The summed E-state index contributed by atoms with van der Waals surface area (Å²) in [4.78, 5) is 10.4. The molecule has 0 aromatic heterocycles. The van der Waals surface area contributed by atoms with Crippen LogP contribution in [0.25, 0.3) is 0 Å². The Balaban J connectivity index is 2.55. The van der Waals surface area contributed by atoms with Gasteiger partial charge in [0.25, 0.3) is 0 Å². The predicted octanol–water partition coefficient (Wildman–Crippen LogP) is 1.91. The Morgan fingerprint density at radius 2 is 2.00 bits per heavy atom. The van der Waals surface area contributed by atoms with Crippen molar-refractivity contribution in [1.29, 1.82) is 0 Å². The molecule has 0 spiro atoms. The van der Waals surface area contributed by atoms with Crippen molar-refractivity contribution < 1.29 is 14.3 Å². The molecule has 0 N–H and O–H groups in total. The molecule has 1 rings (SSSR count). The third kappa shape index (κ3) is 3.18. The molecule has 1 unspecified atom stereocenters. The number of benzene rings is 1. The van der Waals surface area contributed by atoms with Crippen LogP contribution in [0.4, 0.5) is 0 Å². The van der Waals surface area contributed by atoms with Gasteiger partial charge in [0.15, 0.2) is 0 Å². The zero-order chi connectivity index (χ0) is 10.4. The van der Waals surface area contributed by atoms with Gasteiger partial charge in [0.2, 0.25) is 0 Å². The van der Waals surface area contributed by atoms with Gasteiger partial charge in [-0.15, -0.1) is 0 Å². The predicted molar refractivity (Wildman–Crippen MR) is 53.8 cm³/mol. The molecule has 0 radical (unpaired) electrons. The van der Waals surface area contributed by atoms with Crippen LogP contribution in [-0.2, 0) is 4.74 Å². The molecule has 0 fully saturated rings. The molecule has 0 aliphatic carbocycles. The summed E-state index contributed by atoms with van der Waals surface area (Å²) in [6.07, 6.45) is 0.824. The lowest BCUT2D eigenvalue weighted by Gasteiger charge is -2.13. The maximum absolute atomic E-state index is 10.4. The maximum atomic E-state index is 10.4. The number of rotatable bonds is 5. The molecule has 14 heavy (non-hydrogen) atoms. The lowest BCUT2D eigenvalue weighted by molar-refractivity contribution is 0.0920. The molecule has 0 bridgehead atoms. The Hall–Kier alpha value is -1.35. The molecule has 0 aliphatic heterocycles. The monoisotopic (exact) mass is 194 g/mol. The number of aldehydes is 1. The highest BCUT2D eigenvalue weighted by atomic mass is 16.5. The summed E-state index contributed by atoms with van der Waals surface area (Å²) >= 11 is 0. The number of methoxy groups -OCH3 is 1. The molecule has 0 heterocycles. The van der Waals surface area contributed by atoms with Crippen LogP contribution in [-0.4, -0.2) is 26.1 Å². The molecular weight excluding hydrogens is 180 g/mol. The van der Waals surface area contributed by atoms with Gasteiger partial charge in [-0.2, -0.15) is 0 Å². The van der Waals surface area contributed by atoms with Crippen LogP contribution in [0.5, 0.6) is 5.75 Å². The highest BCUT2D eigenvalue weighted by Gasteiger charge is 2.02. The SMILES string of the molecule is COCC(C)Oc1ccc(C=O)cc1. The number of carbonyl (C=O) groups is 1. The average Bonchev–Trinajstić information content (AvgIpc) is 2.19. The third-order valence-corrected chi connectivity index (χ3v) is 1.75. The fraction of sp³-hybridized carbons (Fsp3) is 0.364. The van der Waals surface area contributed by atoms with E-state index >= 15 is 0 Å². The van der Waals surface area contributed by atoms with E-state index in [0.717, 1.165) is 12.0 Å². The summed E-state index contributed by atoms with van der Waals surface area (Å²) in [5.41, 5.74) is 0.650. The first kappa shape index (κ1) is 10.7. The summed E-state index contributed by atoms with van der Waals surface area (Å²) in [5, 5.41) is 0. The van der Waals surface area contributed by atoms with E-state index in [1.807, 2.05) is 6.92 Å². The first-order valence-electron chi connectivity index (χ1n) is 4.47. The van der Waals surface area contributed by atoms with Crippen LogP contribution >= 0.6 is 0 Å². The zero-order valence-corrected chi connectivity index (χ0v) is 8.40. The van der Waals surface area contributed by atoms with Gasteiger partial charge < -0.3 is 9.47 Å². The standard InChI is InChI=1S/C11H14O3/c1-9(8-13-2)14-11-5-3-10(7-12)4-6-11/h3-7,9H,8H2,1-2H3. The molecule has 1 aromatic rings. The Morgan fingerprint density at radius 1 is 1.36 bits per heavy atom. The molecule has 1 aromatic carbocycles.